The maximum atomic E-state index is 13.8. The molecule has 1 saturated heterocycles. The SMILES string of the molecule is CCOC(=O)C=C[C@H](C[C@@H]1CCNC1=O)NC(=O)[C@H](CC(C)C)NC(=O)[C@@H](NC(=O)OCc1ccccc1)C(C)OCc1ccccc1. The van der Waals surface area contributed by atoms with Crippen molar-refractivity contribution in [3.63, 3.8) is 0 Å². The second-order valence-corrected chi connectivity index (χ2v) is 12.1. The molecule has 260 valence electrons. The zero-order valence-corrected chi connectivity index (χ0v) is 28.1. The standard InChI is InChI=1S/C36H48N4O8/c1-5-46-31(41)17-16-29(21-28-18-19-37-33(28)42)38-34(43)30(20-24(2)3)39-35(44)32(25(4)47-22-26-12-8-6-9-13-26)40-36(45)48-23-27-14-10-7-11-15-27/h6-17,24-25,28-30,32H,5,18-23H2,1-4H3,(H,37,42)(H,38,43)(H,39,44)(H,40,45)/t25?,28-,29+,30-,32-/m0/s1. The molecule has 1 aliphatic heterocycles. The van der Waals surface area contributed by atoms with Crippen LogP contribution in [0.4, 0.5) is 4.79 Å². The van der Waals surface area contributed by atoms with Gasteiger partial charge < -0.3 is 35.5 Å². The predicted molar refractivity (Wildman–Crippen MR) is 179 cm³/mol. The first-order chi connectivity index (χ1) is 23.0. The van der Waals surface area contributed by atoms with Crippen LogP contribution in [0, 0.1) is 11.8 Å². The first-order valence-electron chi connectivity index (χ1n) is 16.4. The van der Waals surface area contributed by atoms with Crippen molar-refractivity contribution in [1.82, 2.24) is 21.3 Å². The van der Waals surface area contributed by atoms with E-state index < -0.39 is 48.1 Å². The number of hydrogen-bond donors (Lipinski definition) is 4. The van der Waals surface area contributed by atoms with E-state index in [1.807, 2.05) is 74.5 Å². The average molecular weight is 665 g/mol. The van der Waals surface area contributed by atoms with Crippen LogP contribution in [0.2, 0.25) is 0 Å². The van der Waals surface area contributed by atoms with Gasteiger partial charge in [-0.2, -0.15) is 0 Å². The van der Waals surface area contributed by atoms with Gasteiger partial charge in [-0.25, -0.2) is 9.59 Å². The van der Waals surface area contributed by atoms with Crippen LogP contribution in [-0.2, 0) is 46.6 Å². The van der Waals surface area contributed by atoms with E-state index in [0.717, 1.165) is 11.1 Å². The highest BCUT2D eigenvalue weighted by molar-refractivity contribution is 5.92. The average Bonchev–Trinajstić information content (AvgIpc) is 3.48. The van der Waals surface area contributed by atoms with Crippen molar-refractivity contribution in [1.29, 1.82) is 0 Å². The van der Waals surface area contributed by atoms with Gasteiger partial charge in [0, 0.05) is 24.6 Å². The molecule has 5 atom stereocenters. The topological polar surface area (TPSA) is 161 Å². The summed E-state index contributed by atoms with van der Waals surface area (Å²) in [4.78, 5) is 64.8. The van der Waals surface area contributed by atoms with E-state index in [9.17, 15) is 24.0 Å². The maximum absolute atomic E-state index is 13.8. The summed E-state index contributed by atoms with van der Waals surface area (Å²) in [6, 6.07) is 15.6. The van der Waals surface area contributed by atoms with Crippen molar-refractivity contribution in [2.24, 2.45) is 11.8 Å². The second kappa shape index (κ2) is 19.8. The van der Waals surface area contributed by atoms with Crippen molar-refractivity contribution in [3.8, 4) is 0 Å². The number of rotatable bonds is 18. The van der Waals surface area contributed by atoms with Gasteiger partial charge in [0.25, 0.3) is 0 Å². The summed E-state index contributed by atoms with van der Waals surface area (Å²) in [6.07, 6.45) is 2.24. The number of carbonyl (C=O) groups excluding carboxylic acids is 5. The fourth-order valence-electron chi connectivity index (χ4n) is 5.18. The number of amides is 4. The van der Waals surface area contributed by atoms with Gasteiger partial charge in [-0.15, -0.1) is 0 Å². The zero-order chi connectivity index (χ0) is 34.9. The monoisotopic (exact) mass is 664 g/mol. The van der Waals surface area contributed by atoms with Crippen molar-refractivity contribution in [3.05, 3.63) is 83.9 Å². The summed E-state index contributed by atoms with van der Waals surface area (Å²) >= 11 is 0. The smallest absolute Gasteiger partial charge is 0.408 e. The third-order valence-corrected chi connectivity index (χ3v) is 7.71. The molecule has 12 nitrogen and oxygen atoms in total. The van der Waals surface area contributed by atoms with Crippen molar-refractivity contribution < 1.29 is 38.2 Å². The lowest BCUT2D eigenvalue weighted by Gasteiger charge is -2.28. The molecule has 1 aliphatic rings. The molecule has 1 unspecified atom stereocenters. The molecule has 2 aromatic carbocycles. The Hall–Kier alpha value is -4.71. The molecule has 2 aromatic rings. The number of alkyl carbamates (subject to hydrolysis) is 1. The van der Waals surface area contributed by atoms with E-state index in [1.165, 1.54) is 12.2 Å². The molecule has 0 radical (unpaired) electrons. The van der Waals surface area contributed by atoms with Gasteiger partial charge in [0.15, 0.2) is 0 Å². The quantitative estimate of drug-likeness (QED) is 0.139. The molecule has 0 spiro atoms. The summed E-state index contributed by atoms with van der Waals surface area (Å²) in [5.41, 5.74) is 1.66. The van der Waals surface area contributed by atoms with Gasteiger partial charge in [-0.05, 0) is 50.2 Å². The molecule has 0 aromatic heterocycles. The highest BCUT2D eigenvalue weighted by Crippen LogP contribution is 2.18. The van der Waals surface area contributed by atoms with E-state index in [4.69, 9.17) is 14.2 Å². The second-order valence-electron chi connectivity index (χ2n) is 12.1. The lowest BCUT2D eigenvalue weighted by molar-refractivity contribution is -0.137. The van der Waals surface area contributed by atoms with Crippen LogP contribution < -0.4 is 21.3 Å². The molecule has 12 heteroatoms. The van der Waals surface area contributed by atoms with Crippen LogP contribution in [0.25, 0.3) is 0 Å². The van der Waals surface area contributed by atoms with E-state index in [0.29, 0.717) is 13.0 Å². The Labute approximate surface area is 282 Å². The third kappa shape index (κ3) is 13.2. The van der Waals surface area contributed by atoms with Crippen LogP contribution in [0.15, 0.2) is 72.8 Å². The van der Waals surface area contributed by atoms with Gasteiger partial charge >= 0.3 is 12.1 Å². The van der Waals surface area contributed by atoms with E-state index in [2.05, 4.69) is 21.3 Å². The number of benzene rings is 2. The number of esters is 1. The summed E-state index contributed by atoms with van der Waals surface area (Å²) < 4.78 is 16.4. The molecule has 3 rings (SSSR count). The summed E-state index contributed by atoms with van der Waals surface area (Å²) in [5.74, 6) is -2.18. The largest absolute Gasteiger partial charge is 0.463 e. The lowest BCUT2D eigenvalue weighted by Crippen LogP contribution is -2.58. The Bertz CT molecular complexity index is 1370. The van der Waals surface area contributed by atoms with E-state index in [1.54, 1.807) is 13.8 Å². The molecule has 1 heterocycles. The highest BCUT2D eigenvalue weighted by Gasteiger charge is 2.33. The molecule has 4 N–H and O–H groups in total. The van der Waals surface area contributed by atoms with Crippen LogP contribution in [0.5, 0.6) is 0 Å². The maximum Gasteiger partial charge on any atom is 0.408 e. The van der Waals surface area contributed by atoms with Crippen LogP contribution in [0.1, 0.15) is 58.1 Å². The van der Waals surface area contributed by atoms with Gasteiger partial charge in [0.2, 0.25) is 17.7 Å². The van der Waals surface area contributed by atoms with Crippen LogP contribution in [-0.4, -0.2) is 67.2 Å². The Morgan fingerprint density at radius 2 is 1.52 bits per heavy atom. The van der Waals surface area contributed by atoms with E-state index in [-0.39, 0.29) is 50.4 Å². The molecular formula is C36H48N4O8. The Morgan fingerprint density at radius 1 is 0.875 bits per heavy atom. The predicted octanol–water partition coefficient (Wildman–Crippen LogP) is 3.55. The van der Waals surface area contributed by atoms with Crippen LogP contribution >= 0.6 is 0 Å². The fraction of sp³-hybridized carbons (Fsp3) is 0.472. The third-order valence-electron chi connectivity index (χ3n) is 7.71. The normalized spacial score (nSPS) is 16.8. The lowest BCUT2D eigenvalue weighted by atomic mass is 9.96. The molecule has 4 amide bonds. The Morgan fingerprint density at radius 3 is 2.10 bits per heavy atom. The molecule has 48 heavy (non-hydrogen) atoms. The van der Waals surface area contributed by atoms with Crippen molar-refractivity contribution >= 4 is 29.8 Å². The number of hydrogen-bond acceptors (Lipinski definition) is 8. The minimum atomic E-state index is -1.21. The van der Waals surface area contributed by atoms with Gasteiger partial charge in [0.05, 0.1) is 19.3 Å². The summed E-state index contributed by atoms with van der Waals surface area (Å²) in [6.45, 7) is 8.08. The molecular weight excluding hydrogens is 616 g/mol. The molecule has 0 aliphatic carbocycles. The molecule has 0 bridgehead atoms. The fourth-order valence-corrected chi connectivity index (χ4v) is 5.18. The minimum absolute atomic E-state index is 0.00162. The summed E-state index contributed by atoms with van der Waals surface area (Å²) in [5, 5.41) is 11.1. The van der Waals surface area contributed by atoms with Crippen molar-refractivity contribution in [2.75, 3.05) is 13.2 Å². The Kier molecular flexibility index (Phi) is 15.6. The number of carbonyl (C=O) groups is 5. The summed E-state index contributed by atoms with van der Waals surface area (Å²) in [7, 11) is 0. The van der Waals surface area contributed by atoms with Crippen molar-refractivity contribution in [2.45, 2.75) is 84.4 Å². The highest BCUT2D eigenvalue weighted by atomic mass is 16.5. The van der Waals surface area contributed by atoms with Gasteiger partial charge in [-0.3, -0.25) is 14.4 Å². The van der Waals surface area contributed by atoms with E-state index >= 15 is 0 Å². The first kappa shape index (κ1) is 37.7. The Balaban J connectivity index is 1.76. The number of ether oxygens (including phenoxy) is 3. The molecule has 1 fully saturated rings. The zero-order valence-electron chi connectivity index (χ0n) is 28.1. The number of nitrogens with one attached hydrogen (secondary N) is 4. The van der Waals surface area contributed by atoms with Gasteiger partial charge in [-0.1, -0.05) is 80.6 Å². The minimum Gasteiger partial charge on any atom is -0.463 e. The molecule has 0 saturated carbocycles. The first-order valence-corrected chi connectivity index (χ1v) is 16.4. The van der Waals surface area contributed by atoms with Crippen LogP contribution in [0.3, 0.4) is 0 Å². The van der Waals surface area contributed by atoms with Gasteiger partial charge in [0.1, 0.15) is 18.7 Å².